The van der Waals surface area contributed by atoms with Gasteiger partial charge in [-0.25, -0.2) is 0 Å². The van der Waals surface area contributed by atoms with Gasteiger partial charge in [-0.15, -0.1) is 0 Å². The summed E-state index contributed by atoms with van der Waals surface area (Å²) in [5.74, 6) is 0.462. The highest BCUT2D eigenvalue weighted by atomic mass is 19.4. The molecule has 2 nitrogen and oxygen atoms in total. The number of halogens is 3. The standard InChI is InChI=1S/C28H31F3N2/c1-20-8-6-17-32-26(10-5-9-22-12-14-23(15-13-22)28(29,30)31)24-16-18-33(19-25(20)24)27-11-4-3-7-21(27)2/h3-4,6-7,11-15,17,20H,5,8-10,16,18-19H2,1-2H3. The lowest BCUT2D eigenvalue weighted by Gasteiger charge is -2.36. The Morgan fingerprint density at radius 2 is 1.79 bits per heavy atom. The van der Waals surface area contributed by atoms with Crippen LogP contribution in [0, 0.1) is 12.8 Å². The van der Waals surface area contributed by atoms with E-state index in [2.05, 4.69) is 49.1 Å². The second-order valence-corrected chi connectivity index (χ2v) is 9.11. The minimum atomic E-state index is -4.29. The first-order chi connectivity index (χ1) is 15.8. The van der Waals surface area contributed by atoms with Gasteiger partial charge >= 0.3 is 6.18 Å². The summed E-state index contributed by atoms with van der Waals surface area (Å²) in [6.45, 7) is 6.36. The Bertz CT molecular complexity index is 1060. The minimum Gasteiger partial charge on any atom is -0.367 e. The number of alkyl halides is 3. The summed E-state index contributed by atoms with van der Waals surface area (Å²) < 4.78 is 38.4. The van der Waals surface area contributed by atoms with Crippen LogP contribution in [0.2, 0.25) is 0 Å². The number of allylic oxidation sites excluding steroid dienone is 1. The Labute approximate surface area is 194 Å². The fourth-order valence-electron chi connectivity index (χ4n) is 4.86. The van der Waals surface area contributed by atoms with Gasteiger partial charge < -0.3 is 4.90 Å². The molecule has 0 saturated heterocycles. The molecule has 0 amide bonds. The molecular formula is C28H31F3N2. The molecule has 0 saturated carbocycles. The average Bonchev–Trinajstić information content (AvgIpc) is 2.79. The maximum absolute atomic E-state index is 12.8. The third kappa shape index (κ3) is 5.58. The molecule has 0 radical (unpaired) electrons. The van der Waals surface area contributed by atoms with E-state index in [1.54, 1.807) is 12.1 Å². The van der Waals surface area contributed by atoms with E-state index in [9.17, 15) is 13.2 Å². The molecule has 2 aliphatic heterocycles. The SMILES string of the molecule is Cc1ccccc1N1CCC2=C(C1)C(C)CC=CN=C2CCCc1ccc(C(F)(F)F)cc1. The number of nitrogens with zero attached hydrogens (tertiary/aromatic N) is 2. The van der Waals surface area contributed by atoms with Gasteiger partial charge in [-0.2, -0.15) is 13.2 Å². The summed E-state index contributed by atoms with van der Waals surface area (Å²) in [6.07, 6.45) is 4.20. The summed E-state index contributed by atoms with van der Waals surface area (Å²) >= 11 is 0. The van der Waals surface area contributed by atoms with E-state index in [0.29, 0.717) is 5.92 Å². The Kier molecular flexibility index (Phi) is 7.06. The first-order valence-corrected chi connectivity index (χ1v) is 11.7. The van der Waals surface area contributed by atoms with Gasteiger partial charge in [0.2, 0.25) is 0 Å². The maximum Gasteiger partial charge on any atom is 0.416 e. The van der Waals surface area contributed by atoms with Gasteiger partial charge in [-0.05, 0) is 85.4 Å². The molecule has 2 aromatic carbocycles. The molecule has 1 atom stereocenters. The molecule has 0 bridgehead atoms. The van der Waals surface area contributed by atoms with Gasteiger partial charge in [0.15, 0.2) is 0 Å². The van der Waals surface area contributed by atoms with Crippen molar-refractivity contribution in [1.29, 1.82) is 0 Å². The van der Waals surface area contributed by atoms with Crippen molar-refractivity contribution >= 4 is 11.4 Å². The summed E-state index contributed by atoms with van der Waals surface area (Å²) in [5, 5.41) is 0. The molecule has 0 fully saturated rings. The maximum atomic E-state index is 12.8. The second-order valence-electron chi connectivity index (χ2n) is 9.11. The largest absolute Gasteiger partial charge is 0.416 e. The van der Waals surface area contributed by atoms with Crippen LogP contribution in [0.1, 0.15) is 49.3 Å². The first-order valence-electron chi connectivity index (χ1n) is 11.7. The van der Waals surface area contributed by atoms with Crippen molar-refractivity contribution in [3.8, 4) is 0 Å². The zero-order valence-electron chi connectivity index (χ0n) is 19.3. The monoisotopic (exact) mass is 452 g/mol. The number of hydrogen-bond acceptors (Lipinski definition) is 2. The second kappa shape index (κ2) is 9.98. The van der Waals surface area contributed by atoms with Gasteiger partial charge in [-0.3, -0.25) is 4.99 Å². The van der Waals surface area contributed by atoms with Crippen LogP contribution in [0.3, 0.4) is 0 Å². The van der Waals surface area contributed by atoms with Crippen LogP contribution in [0.25, 0.3) is 0 Å². The summed E-state index contributed by atoms with van der Waals surface area (Å²) in [7, 11) is 0. The van der Waals surface area contributed by atoms with Gasteiger partial charge in [0.1, 0.15) is 0 Å². The Balaban J connectivity index is 1.47. The highest BCUT2D eigenvalue weighted by molar-refractivity contribution is 6.01. The Hall–Kier alpha value is -2.82. The van der Waals surface area contributed by atoms with E-state index in [4.69, 9.17) is 4.99 Å². The van der Waals surface area contributed by atoms with Crippen molar-refractivity contribution in [2.45, 2.75) is 52.1 Å². The van der Waals surface area contributed by atoms with Crippen LogP contribution in [0.4, 0.5) is 18.9 Å². The van der Waals surface area contributed by atoms with Crippen molar-refractivity contribution in [3.63, 3.8) is 0 Å². The highest BCUT2D eigenvalue weighted by Crippen LogP contribution is 2.34. The average molecular weight is 453 g/mol. The first kappa shape index (κ1) is 23.3. The molecule has 1 unspecified atom stereocenters. The fraction of sp³-hybridized carbons (Fsp3) is 0.393. The predicted molar refractivity (Wildman–Crippen MR) is 130 cm³/mol. The molecule has 0 aliphatic carbocycles. The fourth-order valence-corrected chi connectivity index (χ4v) is 4.86. The molecule has 2 aliphatic rings. The van der Waals surface area contributed by atoms with Crippen LogP contribution in [0.15, 0.2) is 76.9 Å². The molecule has 33 heavy (non-hydrogen) atoms. The topological polar surface area (TPSA) is 15.6 Å². The lowest BCUT2D eigenvalue weighted by Crippen LogP contribution is -2.36. The molecule has 2 heterocycles. The third-order valence-electron chi connectivity index (χ3n) is 6.77. The molecule has 0 spiro atoms. The zero-order chi connectivity index (χ0) is 23.4. The summed E-state index contributed by atoms with van der Waals surface area (Å²) in [6, 6.07) is 14.1. The lowest BCUT2D eigenvalue weighted by atomic mass is 9.84. The van der Waals surface area contributed by atoms with E-state index in [1.807, 2.05) is 6.20 Å². The van der Waals surface area contributed by atoms with Crippen LogP contribution < -0.4 is 4.90 Å². The van der Waals surface area contributed by atoms with Gasteiger partial charge in [0.25, 0.3) is 0 Å². The van der Waals surface area contributed by atoms with Crippen molar-refractivity contribution in [3.05, 3.63) is 88.6 Å². The highest BCUT2D eigenvalue weighted by Gasteiger charge is 2.30. The van der Waals surface area contributed by atoms with E-state index < -0.39 is 11.7 Å². The van der Waals surface area contributed by atoms with E-state index in [-0.39, 0.29) is 0 Å². The summed E-state index contributed by atoms with van der Waals surface area (Å²) in [4.78, 5) is 7.29. The summed E-state index contributed by atoms with van der Waals surface area (Å²) in [5.41, 5.74) is 6.95. The normalized spacial score (nSPS) is 19.1. The third-order valence-corrected chi connectivity index (χ3v) is 6.77. The lowest BCUT2D eigenvalue weighted by molar-refractivity contribution is -0.137. The molecule has 0 aromatic heterocycles. The van der Waals surface area contributed by atoms with Crippen molar-refractivity contribution in [2.75, 3.05) is 18.0 Å². The number of hydrogen-bond donors (Lipinski definition) is 0. The molecule has 4 rings (SSSR count). The van der Waals surface area contributed by atoms with Gasteiger partial charge in [0.05, 0.1) is 5.56 Å². The molecule has 5 heteroatoms. The van der Waals surface area contributed by atoms with E-state index in [0.717, 1.165) is 56.5 Å². The molecule has 174 valence electrons. The number of benzene rings is 2. The predicted octanol–water partition coefficient (Wildman–Crippen LogP) is 7.54. The number of rotatable bonds is 5. The quantitative estimate of drug-likeness (QED) is 0.458. The van der Waals surface area contributed by atoms with Crippen molar-refractivity contribution in [2.24, 2.45) is 10.9 Å². The van der Waals surface area contributed by atoms with Gasteiger partial charge in [-0.1, -0.05) is 43.3 Å². The Morgan fingerprint density at radius 3 is 2.52 bits per heavy atom. The Morgan fingerprint density at radius 1 is 1.03 bits per heavy atom. The van der Waals surface area contributed by atoms with E-state index in [1.165, 1.54) is 34.5 Å². The van der Waals surface area contributed by atoms with Crippen LogP contribution in [-0.2, 0) is 12.6 Å². The molecule has 2 aromatic rings. The number of aliphatic imine (C=N–C) groups is 1. The van der Waals surface area contributed by atoms with Crippen molar-refractivity contribution < 1.29 is 13.2 Å². The number of anilines is 1. The van der Waals surface area contributed by atoms with Crippen LogP contribution in [-0.4, -0.2) is 18.8 Å². The minimum absolute atomic E-state index is 0.462. The van der Waals surface area contributed by atoms with Gasteiger partial charge in [0, 0.05) is 30.7 Å². The molecule has 0 N–H and O–H groups in total. The smallest absolute Gasteiger partial charge is 0.367 e. The van der Waals surface area contributed by atoms with Crippen LogP contribution >= 0.6 is 0 Å². The number of para-hydroxylation sites is 1. The molecular weight excluding hydrogens is 421 g/mol. The van der Waals surface area contributed by atoms with Crippen molar-refractivity contribution in [1.82, 2.24) is 0 Å². The van der Waals surface area contributed by atoms with Crippen LogP contribution in [0.5, 0.6) is 0 Å². The van der Waals surface area contributed by atoms with E-state index >= 15 is 0 Å². The number of aryl methyl sites for hydroxylation is 2. The zero-order valence-corrected chi connectivity index (χ0v) is 19.3.